The largest absolute Gasteiger partial charge is 0.396 e. The molecule has 15 heavy (non-hydrogen) atoms. The third-order valence-corrected chi connectivity index (χ3v) is 3.01. The Morgan fingerprint density at radius 3 is 2.87 bits per heavy atom. The van der Waals surface area contributed by atoms with Crippen molar-refractivity contribution in [3.05, 3.63) is 22.4 Å². The molecule has 4 heteroatoms. The van der Waals surface area contributed by atoms with Crippen LogP contribution in [0.1, 0.15) is 25.1 Å². The Hall–Kier alpha value is -0.870. The molecule has 0 atom stereocenters. The first-order chi connectivity index (χ1) is 7.03. The molecular weight excluding hydrogens is 210 g/mol. The van der Waals surface area contributed by atoms with Crippen LogP contribution in [0.3, 0.4) is 0 Å². The fourth-order valence-corrected chi connectivity index (χ4v) is 2.04. The molecule has 1 aromatic rings. The Bertz CT molecular complexity index is 306. The summed E-state index contributed by atoms with van der Waals surface area (Å²) in [6.07, 6.45) is 0.996. The lowest BCUT2D eigenvalue weighted by Crippen LogP contribution is -2.44. The molecular formula is C11H17NO2S. The fourth-order valence-electron chi connectivity index (χ4n) is 1.34. The zero-order valence-corrected chi connectivity index (χ0v) is 9.93. The maximum Gasteiger partial charge on any atom is 0.225 e. The molecule has 0 aliphatic heterocycles. The highest BCUT2D eigenvalue weighted by atomic mass is 32.1. The standard InChI is InChI=1S/C11H17NO2S/c1-11(2,5-6-13)12-10(14)8-9-4-3-7-15-9/h3-4,7,13H,5-6,8H2,1-2H3,(H,12,14). The van der Waals surface area contributed by atoms with Gasteiger partial charge in [0.2, 0.25) is 5.91 Å². The van der Waals surface area contributed by atoms with Gasteiger partial charge in [0.25, 0.3) is 0 Å². The molecule has 3 nitrogen and oxygen atoms in total. The van der Waals surface area contributed by atoms with E-state index in [4.69, 9.17) is 5.11 Å². The van der Waals surface area contributed by atoms with Crippen LogP contribution in [0.25, 0.3) is 0 Å². The summed E-state index contributed by atoms with van der Waals surface area (Å²) in [6, 6.07) is 3.88. The molecule has 0 unspecified atom stereocenters. The topological polar surface area (TPSA) is 49.3 Å². The van der Waals surface area contributed by atoms with Crippen LogP contribution in [0, 0.1) is 0 Å². The fraction of sp³-hybridized carbons (Fsp3) is 0.545. The van der Waals surface area contributed by atoms with E-state index >= 15 is 0 Å². The first-order valence-electron chi connectivity index (χ1n) is 4.98. The molecule has 2 N–H and O–H groups in total. The van der Waals surface area contributed by atoms with Gasteiger partial charge in [-0.05, 0) is 31.7 Å². The maximum absolute atomic E-state index is 11.6. The predicted octanol–water partition coefficient (Wildman–Crippen LogP) is 1.57. The second-order valence-electron chi connectivity index (χ2n) is 4.16. The van der Waals surface area contributed by atoms with Gasteiger partial charge in [-0.3, -0.25) is 4.79 Å². The quantitative estimate of drug-likeness (QED) is 0.802. The highest BCUT2D eigenvalue weighted by Gasteiger charge is 2.19. The monoisotopic (exact) mass is 227 g/mol. The van der Waals surface area contributed by atoms with Gasteiger partial charge in [0.1, 0.15) is 0 Å². The van der Waals surface area contributed by atoms with Gasteiger partial charge in [-0.25, -0.2) is 0 Å². The summed E-state index contributed by atoms with van der Waals surface area (Å²) < 4.78 is 0. The average molecular weight is 227 g/mol. The minimum absolute atomic E-state index is 0.0101. The molecule has 0 fully saturated rings. The summed E-state index contributed by atoms with van der Waals surface area (Å²) in [5, 5.41) is 13.7. The summed E-state index contributed by atoms with van der Waals surface area (Å²) in [5.74, 6) is 0.0101. The summed E-state index contributed by atoms with van der Waals surface area (Å²) in [7, 11) is 0. The number of nitrogens with one attached hydrogen (secondary N) is 1. The number of hydrogen-bond donors (Lipinski definition) is 2. The van der Waals surface area contributed by atoms with E-state index in [1.807, 2.05) is 31.4 Å². The van der Waals surface area contributed by atoms with Crippen molar-refractivity contribution in [1.82, 2.24) is 5.32 Å². The van der Waals surface area contributed by atoms with E-state index in [0.717, 1.165) is 4.88 Å². The molecule has 0 saturated heterocycles. The molecule has 0 bridgehead atoms. The number of amides is 1. The van der Waals surface area contributed by atoms with Crippen LogP contribution < -0.4 is 5.32 Å². The molecule has 0 spiro atoms. The minimum atomic E-state index is -0.330. The molecule has 1 rings (SSSR count). The zero-order valence-electron chi connectivity index (χ0n) is 9.12. The smallest absolute Gasteiger partial charge is 0.225 e. The Morgan fingerprint density at radius 1 is 1.60 bits per heavy atom. The van der Waals surface area contributed by atoms with E-state index in [9.17, 15) is 4.79 Å². The number of carbonyl (C=O) groups excluding carboxylic acids is 1. The number of hydrogen-bond acceptors (Lipinski definition) is 3. The second kappa shape index (κ2) is 5.28. The van der Waals surface area contributed by atoms with E-state index in [0.29, 0.717) is 12.8 Å². The van der Waals surface area contributed by atoms with Crippen molar-refractivity contribution < 1.29 is 9.90 Å². The minimum Gasteiger partial charge on any atom is -0.396 e. The van der Waals surface area contributed by atoms with E-state index in [2.05, 4.69) is 5.32 Å². The Balaban J connectivity index is 2.42. The van der Waals surface area contributed by atoms with Gasteiger partial charge < -0.3 is 10.4 Å². The van der Waals surface area contributed by atoms with Crippen molar-refractivity contribution in [2.75, 3.05) is 6.61 Å². The zero-order chi connectivity index (χ0) is 11.3. The van der Waals surface area contributed by atoms with Crippen LogP contribution in [0.2, 0.25) is 0 Å². The van der Waals surface area contributed by atoms with Crippen LogP contribution in [0.4, 0.5) is 0 Å². The molecule has 1 amide bonds. The lowest BCUT2D eigenvalue weighted by atomic mass is 10.0. The van der Waals surface area contributed by atoms with E-state index < -0.39 is 0 Å². The van der Waals surface area contributed by atoms with Gasteiger partial charge in [-0.2, -0.15) is 0 Å². The van der Waals surface area contributed by atoms with Crippen molar-refractivity contribution >= 4 is 17.2 Å². The van der Waals surface area contributed by atoms with Crippen molar-refractivity contribution in [1.29, 1.82) is 0 Å². The molecule has 0 aromatic carbocycles. The molecule has 0 radical (unpaired) electrons. The van der Waals surface area contributed by atoms with Crippen LogP contribution in [0.15, 0.2) is 17.5 Å². The first kappa shape index (κ1) is 12.2. The van der Waals surface area contributed by atoms with Crippen LogP contribution >= 0.6 is 11.3 Å². The summed E-state index contributed by atoms with van der Waals surface area (Å²) in [6.45, 7) is 3.91. The number of aliphatic hydroxyl groups is 1. The van der Waals surface area contributed by atoms with Crippen LogP contribution in [-0.4, -0.2) is 23.2 Å². The lowest BCUT2D eigenvalue weighted by Gasteiger charge is -2.25. The summed E-state index contributed by atoms with van der Waals surface area (Å²) in [4.78, 5) is 12.7. The Morgan fingerprint density at radius 2 is 2.33 bits per heavy atom. The SMILES string of the molecule is CC(C)(CCO)NC(=O)Cc1cccs1. The van der Waals surface area contributed by atoms with E-state index in [1.165, 1.54) is 0 Å². The van der Waals surface area contributed by atoms with Gasteiger partial charge in [0, 0.05) is 17.0 Å². The number of rotatable bonds is 5. The van der Waals surface area contributed by atoms with Crippen molar-refractivity contribution in [3.8, 4) is 0 Å². The van der Waals surface area contributed by atoms with Gasteiger partial charge in [-0.15, -0.1) is 11.3 Å². The second-order valence-corrected chi connectivity index (χ2v) is 5.19. The number of aliphatic hydroxyl groups excluding tert-OH is 1. The Kier molecular flexibility index (Phi) is 4.29. The van der Waals surface area contributed by atoms with Gasteiger partial charge in [-0.1, -0.05) is 6.07 Å². The predicted molar refractivity (Wildman–Crippen MR) is 61.9 cm³/mol. The van der Waals surface area contributed by atoms with Crippen LogP contribution in [-0.2, 0) is 11.2 Å². The third kappa shape index (κ3) is 4.44. The maximum atomic E-state index is 11.6. The molecule has 0 aliphatic carbocycles. The number of carbonyl (C=O) groups is 1. The number of thiophene rings is 1. The molecule has 0 saturated carbocycles. The van der Waals surface area contributed by atoms with E-state index in [-0.39, 0.29) is 18.1 Å². The van der Waals surface area contributed by atoms with Crippen molar-refractivity contribution in [2.45, 2.75) is 32.2 Å². The third-order valence-electron chi connectivity index (χ3n) is 2.13. The van der Waals surface area contributed by atoms with Crippen LogP contribution in [0.5, 0.6) is 0 Å². The summed E-state index contributed by atoms with van der Waals surface area (Å²) >= 11 is 1.58. The van der Waals surface area contributed by atoms with E-state index in [1.54, 1.807) is 11.3 Å². The first-order valence-corrected chi connectivity index (χ1v) is 5.86. The highest BCUT2D eigenvalue weighted by molar-refractivity contribution is 7.10. The van der Waals surface area contributed by atoms with Crippen molar-refractivity contribution in [3.63, 3.8) is 0 Å². The Labute approximate surface area is 94.1 Å². The molecule has 84 valence electrons. The summed E-state index contributed by atoms with van der Waals surface area (Å²) in [5.41, 5.74) is -0.330. The van der Waals surface area contributed by atoms with Crippen molar-refractivity contribution in [2.24, 2.45) is 0 Å². The molecule has 1 heterocycles. The highest BCUT2D eigenvalue weighted by Crippen LogP contribution is 2.11. The lowest BCUT2D eigenvalue weighted by molar-refractivity contribution is -0.122. The normalized spacial score (nSPS) is 11.4. The molecule has 1 aromatic heterocycles. The molecule has 0 aliphatic rings. The van der Waals surface area contributed by atoms with Gasteiger partial charge in [0.15, 0.2) is 0 Å². The van der Waals surface area contributed by atoms with Gasteiger partial charge >= 0.3 is 0 Å². The average Bonchev–Trinajstić information content (AvgIpc) is 2.54. The van der Waals surface area contributed by atoms with Gasteiger partial charge in [0.05, 0.1) is 6.42 Å².